The fraction of sp³-hybridized carbons (Fsp3) is 0.500. The van der Waals surface area contributed by atoms with Crippen LogP contribution in [-0.4, -0.2) is 46.9 Å². The molecule has 0 aromatic carbocycles. The highest BCUT2D eigenvalue weighted by molar-refractivity contribution is 6.10. The molecule has 2 heterocycles. The Morgan fingerprint density at radius 2 is 2.24 bits per heavy atom. The van der Waals surface area contributed by atoms with E-state index >= 15 is 0 Å². The van der Waals surface area contributed by atoms with Crippen molar-refractivity contribution in [2.24, 2.45) is 5.73 Å². The predicted octanol–water partition coefficient (Wildman–Crippen LogP) is -1.29. The van der Waals surface area contributed by atoms with Gasteiger partial charge in [-0.05, 0) is 14.1 Å². The van der Waals surface area contributed by atoms with Crippen LogP contribution in [0.15, 0.2) is 6.33 Å². The number of aromatic nitrogens is 2. The molecular formula is C10H15N5O2. The molecule has 0 bridgehead atoms. The highest BCUT2D eigenvalue weighted by atomic mass is 16.2. The van der Waals surface area contributed by atoms with Crippen molar-refractivity contribution in [3.05, 3.63) is 17.7 Å². The van der Waals surface area contributed by atoms with Gasteiger partial charge < -0.3 is 15.2 Å². The second-order valence-corrected chi connectivity index (χ2v) is 4.27. The minimum absolute atomic E-state index is 0.359. The average Bonchev–Trinajstić information content (AvgIpc) is 2.67. The number of fused-ring (bicyclic) bond motifs is 1. The monoisotopic (exact) mass is 237 g/mol. The fourth-order valence-electron chi connectivity index (χ4n) is 1.72. The predicted molar refractivity (Wildman–Crippen MR) is 60.2 cm³/mol. The van der Waals surface area contributed by atoms with Crippen LogP contribution in [0.5, 0.6) is 0 Å². The molecule has 0 saturated carbocycles. The van der Waals surface area contributed by atoms with Crippen LogP contribution in [0.25, 0.3) is 0 Å². The minimum Gasteiger partial charge on any atom is -0.325 e. The van der Waals surface area contributed by atoms with Crippen molar-refractivity contribution >= 4 is 11.8 Å². The van der Waals surface area contributed by atoms with Crippen molar-refractivity contribution < 1.29 is 9.59 Å². The third-order valence-corrected chi connectivity index (χ3v) is 2.68. The molecule has 0 radical (unpaired) electrons. The van der Waals surface area contributed by atoms with Crippen LogP contribution < -0.4 is 11.1 Å². The summed E-state index contributed by atoms with van der Waals surface area (Å²) in [4.78, 5) is 29.1. The Morgan fingerprint density at radius 1 is 1.53 bits per heavy atom. The zero-order valence-electron chi connectivity index (χ0n) is 9.80. The molecule has 0 saturated heterocycles. The fourth-order valence-corrected chi connectivity index (χ4v) is 1.72. The van der Waals surface area contributed by atoms with Gasteiger partial charge in [0.15, 0.2) is 0 Å². The van der Waals surface area contributed by atoms with Gasteiger partial charge in [0, 0.05) is 13.1 Å². The van der Waals surface area contributed by atoms with E-state index in [1.165, 1.54) is 0 Å². The van der Waals surface area contributed by atoms with E-state index in [4.69, 9.17) is 5.73 Å². The summed E-state index contributed by atoms with van der Waals surface area (Å²) in [5, 5.41) is 2.22. The van der Waals surface area contributed by atoms with E-state index in [9.17, 15) is 9.59 Å². The number of imidazole rings is 1. The molecule has 92 valence electrons. The first-order chi connectivity index (χ1) is 8.00. The third kappa shape index (κ3) is 2.06. The van der Waals surface area contributed by atoms with Crippen molar-refractivity contribution in [3.63, 3.8) is 0 Å². The van der Waals surface area contributed by atoms with Crippen molar-refractivity contribution in [1.29, 1.82) is 0 Å². The lowest BCUT2D eigenvalue weighted by atomic mass is 10.1. The first-order valence-corrected chi connectivity index (χ1v) is 5.31. The number of likely N-dealkylation sites (N-methyl/N-ethyl adjacent to an activating group) is 1. The molecule has 7 nitrogen and oxygen atoms in total. The standard InChI is InChI=1S/C10H15N5O2/c1-14(2)3-4-15-5-12-7-6(11)9(16)13-10(17)8(7)15/h5-6H,3-4,11H2,1-2H3,(H,13,16,17)/t6-/m0/s1. The van der Waals surface area contributed by atoms with Crippen LogP contribution in [0.1, 0.15) is 22.2 Å². The zero-order valence-corrected chi connectivity index (χ0v) is 9.80. The van der Waals surface area contributed by atoms with Crippen LogP contribution in [0.2, 0.25) is 0 Å². The summed E-state index contributed by atoms with van der Waals surface area (Å²) in [5.74, 6) is -0.927. The number of carbonyl (C=O) groups excluding carboxylic acids is 2. The molecule has 0 fully saturated rings. The first kappa shape index (κ1) is 11.7. The van der Waals surface area contributed by atoms with Crippen LogP contribution in [0, 0.1) is 0 Å². The zero-order chi connectivity index (χ0) is 12.6. The molecule has 2 rings (SSSR count). The third-order valence-electron chi connectivity index (χ3n) is 2.68. The second-order valence-electron chi connectivity index (χ2n) is 4.27. The smallest absolute Gasteiger partial charge is 0.276 e. The lowest BCUT2D eigenvalue weighted by molar-refractivity contribution is -0.121. The van der Waals surface area contributed by atoms with Crippen LogP contribution in [0.3, 0.4) is 0 Å². The van der Waals surface area contributed by atoms with E-state index in [0.29, 0.717) is 17.9 Å². The van der Waals surface area contributed by atoms with E-state index in [1.807, 2.05) is 19.0 Å². The first-order valence-electron chi connectivity index (χ1n) is 5.31. The highest BCUT2D eigenvalue weighted by Crippen LogP contribution is 2.19. The summed E-state index contributed by atoms with van der Waals surface area (Å²) in [6, 6.07) is -0.858. The van der Waals surface area contributed by atoms with Gasteiger partial charge in [-0.15, -0.1) is 0 Å². The van der Waals surface area contributed by atoms with Gasteiger partial charge >= 0.3 is 0 Å². The van der Waals surface area contributed by atoms with Gasteiger partial charge in [-0.1, -0.05) is 0 Å². The molecule has 3 N–H and O–H groups in total. The summed E-state index contributed by atoms with van der Waals surface area (Å²) < 4.78 is 1.72. The number of hydrogen-bond donors (Lipinski definition) is 2. The molecule has 0 unspecified atom stereocenters. The Morgan fingerprint density at radius 3 is 2.88 bits per heavy atom. The Kier molecular flexibility index (Phi) is 2.95. The van der Waals surface area contributed by atoms with Gasteiger partial charge in [-0.2, -0.15) is 0 Å². The van der Waals surface area contributed by atoms with Crippen LogP contribution in [0.4, 0.5) is 0 Å². The lowest BCUT2D eigenvalue weighted by Gasteiger charge is -2.19. The summed E-state index contributed by atoms with van der Waals surface area (Å²) in [5.41, 5.74) is 6.42. The van der Waals surface area contributed by atoms with E-state index in [2.05, 4.69) is 10.3 Å². The van der Waals surface area contributed by atoms with E-state index in [0.717, 1.165) is 6.54 Å². The number of imide groups is 1. The maximum atomic E-state index is 11.7. The van der Waals surface area contributed by atoms with E-state index < -0.39 is 17.9 Å². The van der Waals surface area contributed by atoms with Crippen molar-refractivity contribution in [2.75, 3.05) is 20.6 Å². The van der Waals surface area contributed by atoms with Crippen molar-refractivity contribution in [3.8, 4) is 0 Å². The number of hydrogen-bond acceptors (Lipinski definition) is 5. The molecule has 1 aromatic rings. The number of nitrogens with two attached hydrogens (primary N) is 1. The molecule has 2 amide bonds. The van der Waals surface area contributed by atoms with Gasteiger partial charge in [-0.25, -0.2) is 4.98 Å². The highest BCUT2D eigenvalue weighted by Gasteiger charge is 2.33. The number of rotatable bonds is 3. The number of carbonyl (C=O) groups is 2. The minimum atomic E-state index is -0.858. The van der Waals surface area contributed by atoms with Gasteiger partial charge in [0.2, 0.25) is 5.91 Å². The number of amides is 2. The van der Waals surface area contributed by atoms with Gasteiger partial charge in [-0.3, -0.25) is 14.9 Å². The number of nitrogens with zero attached hydrogens (tertiary/aromatic N) is 3. The molecular weight excluding hydrogens is 222 g/mol. The van der Waals surface area contributed by atoms with E-state index in [-0.39, 0.29) is 0 Å². The summed E-state index contributed by atoms with van der Waals surface area (Å²) in [6.45, 7) is 1.41. The molecule has 1 aliphatic heterocycles. The molecule has 17 heavy (non-hydrogen) atoms. The molecule has 0 spiro atoms. The van der Waals surface area contributed by atoms with Gasteiger partial charge in [0.25, 0.3) is 5.91 Å². The van der Waals surface area contributed by atoms with Gasteiger partial charge in [0.05, 0.1) is 12.0 Å². The van der Waals surface area contributed by atoms with Crippen molar-refractivity contribution in [2.45, 2.75) is 12.6 Å². The Balaban J connectivity index is 2.30. The molecule has 7 heteroatoms. The maximum Gasteiger partial charge on any atom is 0.276 e. The quantitative estimate of drug-likeness (QED) is 0.638. The Bertz CT molecular complexity index is 465. The van der Waals surface area contributed by atoms with Crippen molar-refractivity contribution in [1.82, 2.24) is 19.8 Å². The van der Waals surface area contributed by atoms with Crippen LogP contribution in [-0.2, 0) is 11.3 Å². The summed E-state index contributed by atoms with van der Waals surface area (Å²) >= 11 is 0. The molecule has 1 aromatic heterocycles. The van der Waals surface area contributed by atoms with E-state index in [1.54, 1.807) is 10.9 Å². The lowest BCUT2D eigenvalue weighted by Crippen LogP contribution is -2.44. The Labute approximate surface area is 98.6 Å². The topological polar surface area (TPSA) is 93.2 Å². The molecule has 0 aliphatic carbocycles. The van der Waals surface area contributed by atoms with Crippen LogP contribution >= 0.6 is 0 Å². The second kappa shape index (κ2) is 4.27. The summed E-state index contributed by atoms with van der Waals surface area (Å²) in [6.07, 6.45) is 1.55. The van der Waals surface area contributed by atoms with Gasteiger partial charge in [0.1, 0.15) is 11.7 Å². The number of nitrogens with one attached hydrogen (secondary N) is 1. The normalized spacial score (nSPS) is 19.4. The SMILES string of the molecule is CN(C)CCn1cnc2c1C(=O)NC(=O)[C@H]2N. The largest absolute Gasteiger partial charge is 0.325 e. The summed E-state index contributed by atoms with van der Waals surface area (Å²) in [7, 11) is 3.89. The molecule has 1 atom stereocenters. The maximum absolute atomic E-state index is 11.7. The molecule has 1 aliphatic rings. The average molecular weight is 237 g/mol. The Hall–Kier alpha value is -1.73.